The number of hydrogen-bond donors (Lipinski definition) is 1. The highest BCUT2D eigenvalue weighted by molar-refractivity contribution is 7.92. The number of nitrogens with two attached hydrogens (primary N) is 1. The summed E-state index contributed by atoms with van der Waals surface area (Å²) in [5.41, 5.74) is 7.12. The predicted molar refractivity (Wildman–Crippen MR) is 81.5 cm³/mol. The first-order valence-electron chi connectivity index (χ1n) is 7.20. The van der Waals surface area contributed by atoms with E-state index in [0.717, 1.165) is 36.9 Å². The summed E-state index contributed by atoms with van der Waals surface area (Å²) in [4.78, 5) is 11.3. The smallest absolute Gasteiger partial charge is 0.232 e. The third-order valence-electron chi connectivity index (χ3n) is 4.94. The van der Waals surface area contributed by atoms with Gasteiger partial charge >= 0.3 is 0 Å². The number of hydrogen-bond acceptors (Lipinski definition) is 3. The van der Waals surface area contributed by atoms with Gasteiger partial charge in [-0.25, -0.2) is 8.42 Å². The quantitative estimate of drug-likeness (QED) is 0.896. The number of primary amides is 1. The van der Waals surface area contributed by atoms with Crippen LogP contribution >= 0.6 is 0 Å². The first-order valence-corrected chi connectivity index (χ1v) is 9.05. The van der Waals surface area contributed by atoms with Crippen molar-refractivity contribution in [2.75, 3.05) is 17.1 Å². The summed E-state index contributed by atoms with van der Waals surface area (Å²) in [6.45, 7) is 0.483. The van der Waals surface area contributed by atoms with Crippen LogP contribution in [-0.2, 0) is 20.2 Å². The molecule has 2 aliphatic rings. The summed E-state index contributed by atoms with van der Waals surface area (Å²) in [6.07, 6.45) is 4.34. The van der Waals surface area contributed by atoms with Gasteiger partial charge in [0.2, 0.25) is 15.9 Å². The van der Waals surface area contributed by atoms with Crippen molar-refractivity contribution in [3.63, 3.8) is 0 Å². The second-order valence-electron chi connectivity index (χ2n) is 6.24. The molecule has 1 fully saturated rings. The number of carbonyl (C=O) groups is 1. The fraction of sp³-hybridized carbons (Fsp3) is 0.533. The molecule has 3 rings (SSSR count). The molecule has 0 atom stereocenters. The minimum atomic E-state index is -3.28. The van der Waals surface area contributed by atoms with E-state index >= 15 is 0 Å². The zero-order valence-corrected chi connectivity index (χ0v) is 12.9. The van der Waals surface area contributed by atoms with Crippen LogP contribution in [0.3, 0.4) is 0 Å². The van der Waals surface area contributed by atoms with Gasteiger partial charge in [0.15, 0.2) is 0 Å². The lowest BCUT2D eigenvalue weighted by atomic mass is 9.67. The molecule has 1 spiro atoms. The van der Waals surface area contributed by atoms with Gasteiger partial charge in [-0.15, -0.1) is 0 Å². The van der Waals surface area contributed by atoms with Crippen LogP contribution in [0.4, 0.5) is 5.69 Å². The maximum atomic E-state index is 12.0. The Labute approximate surface area is 125 Å². The van der Waals surface area contributed by atoms with Gasteiger partial charge in [0.25, 0.3) is 0 Å². The summed E-state index contributed by atoms with van der Waals surface area (Å²) >= 11 is 0. The average Bonchev–Trinajstić information content (AvgIpc) is 2.75. The van der Waals surface area contributed by atoms with Crippen LogP contribution in [0.5, 0.6) is 0 Å². The molecule has 1 saturated carbocycles. The molecule has 0 bridgehead atoms. The molecule has 1 amide bonds. The standard InChI is InChI=1S/C15H20N2O3S/c1-21(19,20)17-10-15(12-4-2-3-5-13(12)17)8-6-11(7-9-15)14(16)18/h2-5,11H,6-10H2,1H3,(H2,16,18). The number of carbonyl (C=O) groups excluding carboxylic acids is 1. The lowest BCUT2D eigenvalue weighted by molar-refractivity contribution is -0.123. The van der Waals surface area contributed by atoms with Gasteiger partial charge in [-0.1, -0.05) is 18.2 Å². The summed E-state index contributed by atoms with van der Waals surface area (Å²) < 4.78 is 25.6. The molecular formula is C15H20N2O3S. The molecule has 21 heavy (non-hydrogen) atoms. The number of amides is 1. The molecule has 1 aliphatic carbocycles. The van der Waals surface area contributed by atoms with Crippen molar-refractivity contribution in [2.45, 2.75) is 31.1 Å². The second kappa shape index (κ2) is 4.73. The van der Waals surface area contributed by atoms with Gasteiger partial charge in [0, 0.05) is 17.9 Å². The van der Waals surface area contributed by atoms with Crippen LogP contribution in [0.2, 0.25) is 0 Å². The van der Waals surface area contributed by atoms with Crippen LogP contribution < -0.4 is 10.0 Å². The van der Waals surface area contributed by atoms with Crippen molar-refractivity contribution < 1.29 is 13.2 Å². The predicted octanol–water partition coefficient (Wildman–Crippen LogP) is 1.38. The number of anilines is 1. The van der Waals surface area contributed by atoms with E-state index in [-0.39, 0.29) is 17.2 Å². The number of rotatable bonds is 2. The van der Waals surface area contributed by atoms with Gasteiger partial charge in [-0.05, 0) is 37.3 Å². The Morgan fingerprint density at radius 3 is 2.48 bits per heavy atom. The maximum absolute atomic E-state index is 12.0. The minimum Gasteiger partial charge on any atom is -0.369 e. The molecule has 2 N–H and O–H groups in total. The second-order valence-corrected chi connectivity index (χ2v) is 8.15. The molecule has 114 valence electrons. The van der Waals surface area contributed by atoms with Crippen molar-refractivity contribution >= 4 is 21.6 Å². The normalized spacial score (nSPS) is 28.6. The monoisotopic (exact) mass is 308 g/mol. The Balaban J connectivity index is 1.98. The molecule has 0 unspecified atom stereocenters. The number of benzene rings is 1. The zero-order valence-electron chi connectivity index (χ0n) is 12.1. The summed E-state index contributed by atoms with van der Waals surface area (Å²) in [5.74, 6) is -0.314. The fourth-order valence-corrected chi connectivity index (χ4v) is 4.76. The van der Waals surface area contributed by atoms with E-state index in [2.05, 4.69) is 0 Å². The minimum absolute atomic E-state index is 0.0740. The largest absolute Gasteiger partial charge is 0.369 e. The SMILES string of the molecule is CS(=O)(=O)N1CC2(CCC(C(N)=O)CC2)c2ccccc21. The zero-order chi connectivity index (χ0) is 15.3. The highest BCUT2D eigenvalue weighted by Gasteiger charge is 2.47. The molecule has 1 heterocycles. The van der Waals surface area contributed by atoms with Gasteiger partial charge in [-0.3, -0.25) is 9.10 Å². The molecule has 6 heteroatoms. The Bertz CT molecular complexity index is 676. The third-order valence-corrected chi connectivity index (χ3v) is 6.06. The molecule has 1 aliphatic heterocycles. The van der Waals surface area contributed by atoms with Crippen LogP contribution in [0, 0.1) is 5.92 Å². The molecule has 1 aromatic carbocycles. The van der Waals surface area contributed by atoms with Crippen molar-refractivity contribution in [2.24, 2.45) is 11.7 Å². The van der Waals surface area contributed by atoms with Crippen molar-refractivity contribution in [3.05, 3.63) is 29.8 Å². The Morgan fingerprint density at radius 2 is 1.90 bits per heavy atom. The fourth-order valence-electron chi connectivity index (χ4n) is 3.76. The van der Waals surface area contributed by atoms with E-state index in [1.165, 1.54) is 10.6 Å². The molecule has 0 aromatic heterocycles. The number of sulfonamides is 1. The van der Waals surface area contributed by atoms with Crippen LogP contribution in [0.15, 0.2) is 24.3 Å². The van der Waals surface area contributed by atoms with Crippen LogP contribution in [0.25, 0.3) is 0 Å². The van der Waals surface area contributed by atoms with Crippen molar-refractivity contribution in [1.29, 1.82) is 0 Å². The van der Waals surface area contributed by atoms with E-state index < -0.39 is 10.0 Å². The number of fused-ring (bicyclic) bond motifs is 2. The molecule has 0 radical (unpaired) electrons. The van der Waals surface area contributed by atoms with Gasteiger partial charge in [0.1, 0.15) is 0 Å². The molecule has 0 saturated heterocycles. The summed E-state index contributed by atoms with van der Waals surface area (Å²) in [6, 6.07) is 7.70. The summed E-state index contributed by atoms with van der Waals surface area (Å²) in [5, 5.41) is 0. The summed E-state index contributed by atoms with van der Waals surface area (Å²) in [7, 11) is -3.28. The molecule has 1 aromatic rings. The topological polar surface area (TPSA) is 80.5 Å². The molecule has 5 nitrogen and oxygen atoms in total. The first-order chi connectivity index (χ1) is 9.83. The lowest BCUT2D eigenvalue weighted by Crippen LogP contribution is -2.41. The van der Waals surface area contributed by atoms with E-state index in [1.54, 1.807) is 0 Å². The van der Waals surface area contributed by atoms with Crippen molar-refractivity contribution in [3.8, 4) is 0 Å². The first kappa shape index (κ1) is 14.4. The Hall–Kier alpha value is -1.56. The third kappa shape index (κ3) is 2.31. The lowest BCUT2D eigenvalue weighted by Gasteiger charge is -2.36. The van der Waals surface area contributed by atoms with Crippen LogP contribution in [0.1, 0.15) is 31.2 Å². The average molecular weight is 308 g/mol. The van der Waals surface area contributed by atoms with E-state index in [9.17, 15) is 13.2 Å². The maximum Gasteiger partial charge on any atom is 0.232 e. The Kier molecular flexibility index (Phi) is 3.24. The molecular weight excluding hydrogens is 288 g/mol. The Morgan fingerprint density at radius 1 is 1.29 bits per heavy atom. The van der Waals surface area contributed by atoms with E-state index in [1.807, 2.05) is 24.3 Å². The van der Waals surface area contributed by atoms with Gasteiger partial charge in [-0.2, -0.15) is 0 Å². The van der Waals surface area contributed by atoms with E-state index in [4.69, 9.17) is 5.73 Å². The number of para-hydroxylation sites is 1. The van der Waals surface area contributed by atoms with Gasteiger partial charge in [0.05, 0.1) is 11.9 Å². The van der Waals surface area contributed by atoms with E-state index in [0.29, 0.717) is 6.54 Å². The van der Waals surface area contributed by atoms with Crippen LogP contribution in [-0.4, -0.2) is 27.1 Å². The highest BCUT2D eigenvalue weighted by Crippen LogP contribution is 2.50. The number of nitrogens with zero attached hydrogens (tertiary/aromatic N) is 1. The van der Waals surface area contributed by atoms with Gasteiger partial charge < -0.3 is 5.73 Å². The van der Waals surface area contributed by atoms with Crippen molar-refractivity contribution in [1.82, 2.24) is 0 Å². The highest BCUT2D eigenvalue weighted by atomic mass is 32.2.